The largest absolute Gasteiger partial charge is 0.474 e. The first-order valence-electron chi connectivity index (χ1n) is 7.76. The Morgan fingerprint density at radius 2 is 1.96 bits per heavy atom. The van der Waals surface area contributed by atoms with E-state index in [9.17, 15) is 4.79 Å². The maximum atomic E-state index is 12.4. The van der Waals surface area contributed by atoms with Crippen molar-refractivity contribution >= 4 is 11.6 Å². The predicted octanol–water partition coefficient (Wildman–Crippen LogP) is 2.20. The van der Waals surface area contributed by atoms with Crippen LogP contribution in [0.5, 0.6) is 5.88 Å². The van der Waals surface area contributed by atoms with Gasteiger partial charge in [-0.25, -0.2) is 4.98 Å². The Morgan fingerprint density at radius 1 is 1.22 bits per heavy atom. The fourth-order valence-corrected chi connectivity index (χ4v) is 2.62. The van der Waals surface area contributed by atoms with Gasteiger partial charge in [0.25, 0.3) is 5.91 Å². The number of nitrogens with one attached hydrogen (secondary N) is 1. The predicted molar refractivity (Wildman–Crippen MR) is 87.6 cm³/mol. The number of anilines is 1. The van der Waals surface area contributed by atoms with E-state index >= 15 is 0 Å². The van der Waals surface area contributed by atoms with Gasteiger partial charge in [-0.05, 0) is 18.2 Å². The molecular formula is C17H20N4O2. The number of ether oxygens (including phenoxy) is 1. The van der Waals surface area contributed by atoms with E-state index < -0.39 is 0 Å². The van der Waals surface area contributed by atoms with Gasteiger partial charge >= 0.3 is 0 Å². The summed E-state index contributed by atoms with van der Waals surface area (Å²) in [5.41, 5.74) is 1.64. The zero-order valence-electron chi connectivity index (χ0n) is 13.1. The molecule has 3 rings (SSSR count). The van der Waals surface area contributed by atoms with Gasteiger partial charge in [-0.3, -0.25) is 9.78 Å². The highest BCUT2D eigenvalue weighted by atomic mass is 16.5. The van der Waals surface area contributed by atoms with Crippen molar-refractivity contribution < 1.29 is 9.53 Å². The van der Waals surface area contributed by atoms with Gasteiger partial charge in [-0.1, -0.05) is 0 Å². The van der Waals surface area contributed by atoms with Crippen molar-refractivity contribution in [3.8, 4) is 5.88 Å². The molecule has 3 heterocycles. The number of carbonyl (C=O) groups excluding carboxylic acids is 1. The van der Waals surface area contributed by atoms with Gasteiger partial charge < -0.3 is 15.0 Å². The minimum Gasteiger partial charge on any atom is -0.474 e. The molecule has 1 aliphatic heterocycles. The SMILES string of the molecule is CNc1ccc(OC2CCN(C(=O)c3ccncc3)CC2)nc1. The summed E-state index contributed by atoms with van der Waals surface area (Å²) < 4.78 is 5.90. The number of pyridine rings is 2. The Hall–Kier alpha value is -2.63. The lowest BCUT2D eigenvalue weighted by atomic mass is 10.1. The molecule has 0 unspecified atom stereocenters. The van der Waals surface area contributed by atoms with E-state index in [4.69, 9.17) is 4.74 Å². The number of aromatic nitrogens is 2. The second kappa shape index (κ2) is 7.09. The van der Waals surface area contributed by atoms with Crippen LogP contribution < -0.4 is 10.1 Å². The summed E-state index contributed by atoms with van der Waals surface area (Å²) >= 11 is 0. The molecule has 23 heavy (non-hydrogen) atoms. The monoisotopic (exact) mass is 312 g/mol. The van der Waals surface area contributed by atoms with Crippen LogP contribution >= 0.6 is 0 Å². The molecule has 0 radical (unpaired) electrons. The fraction of sp³-hybridized carbons (Fsp3) is 0.353. The van der Waals surface area contributed by atoms with Gasteiger partial charge in [-0.2, -0.15) is 0 Å². The summed E-state index contributed by atoms with van der Waals surface area (Å²) in [7, 11) is 1.85. The Balaban J connectivity index is 1.53. The molecule has 0 bridgehead atoms. The highest BCUT2D eigenvalue weighted by Gasteiger charge is 2.24. The summed E-state index contributed by atoms with van der Waals surface area (Å²) in [6, 6.07) is 7.29. The van der Waals surface area contributed by atoms with E-state index in [0.717, 1.165) is 18.5 Å². The van der Waals surface area contributed by atoms with Crippen molar-refractivity contribution in [2.75, 3.05) is 25.5 Å². The molecule has 1 aliphatic rings. The molecule has 1 saturated heterocycles. The van der Waals surface area contributed by atoms with Crippen molar-refractivity contribution in [2.24, 2.45) is 0 Å². The van der Waals surface area contributed by atoms with E-state index in [1.165, 1.54) is 0 Å². The Kier molecular flexibility index (Phi) is 4.71. The molecule has 6 nitrogen and oxygen atoms in total. The maximum absolute atomic E-state index is 12.4. The minimum atomic E-state index is 0.0577. The van der Waals surface area contributed by atoms with Crippen LogP contribution in [-0.4, -0.2) is 47.0 Å². The zero-order chi connectivity index (χ0) is 16.1. The van der Waals surface area contributed by atoms with Crippen LogP contribution in [0.2, 0.25) is 0 Å². The molecule has 2 aromatic heterocycles. The number of hydrogen-bond acceptors (Lipinski definition) is 5. The molecule has 120 valence electrons. The summed E-state index contributed by atoms with van der Waals surface area (Å²) in [6.45, 7) is 1.39. The molecule has 1 amide bonds. The van der Waals surface area contributed by atoms with Crippen LogP contribution in [0.4, 0.5) is 5.69 Å². The van der Waals surface area contributed by atoms with E-state index in [2.05, 4.69) is 15.3 Å². The van der Waals surface area contributed by atoms with Gasteiger partial charge in [0.2, 0.25) is 5.88 Å². The summed E-state index contributed by atoms with van der Waals surface area (Å²) in [4.78, 5) is 22.5. The van der Waals surface area contributed by atoms with Gasteiger partial charge in [0.05, 0.1) is 11.9 Å². The van der Waals surface area contributed by atoms with E-state index in [1.807, 2.05) is 24.1 Å². The molecule has 0 spiro atoms. The molecule has 0 aliphatic carbocycles. The van der Waals surface area contributed by atoms with Crippen LogP contribution in [-0.2, 0) is 0 Å². The third-order valence-corrected chi connectivity index (χ3v) is 3.97. The quantitative estimate of drug-likeness (QED) is 0.937. The summed E-state index contributed by atoms with van der Waals surface area (Å²) in [6.07, 6.45) is 6.76. The van der Waals surface area contributed by atoms with Crippen LogP contribution in [0.25, 0.3) is 0 Å². The number of carbonyl (C=O) groups is 1. The first-order chi connectivity index (χ1) is 11.3. The Labute approximate surface area is 135 Å². The van der Waals surface area contributed by atoms with E-state index in [0.29, 0.717) is 24.5 Å². The molecule has 0 saturated carbocycles. The smallest absolute Gasteiger partial charge is 0.253 e. The number of hydrogen-bond donors (Lipinski definition) is 1. The van der Waals surface area contributed by atoms with Crippen LogP contribution in [0.15, 0.2) is 42.9 Å². The lowest BCUT2D eigenvalue weighted by molar-refractivity contribution is 0.0588. The van der Waals surface area contributed by atoms with Gasteiger partial charge in [0.1, 0.15) is 6.10 Å². The minimum absolute atomic E-state index is 0.0577. The number of piperidine rings is 1. The van der Waals surface area contributed by atoms with E-state index in [1.54, 1.807) is 30.7 Å². The normalized spacial score (nSPS) is 15.3. The number of likely N-dealkylation sites (tertiary alicyclic amines) is 1. The molecule has 2 aromatic rings. The first-order valence-corrected chi connectivity index (χ1v) is 7.76. The standard InChI is InChI=1S/C17H20N4O2/c1-18-14-2-3-16(20-12-14)23-15-6-10-21(11-7-15)17(22)13-4-8-19-9-5-13/h2-5,8-9,12,15,18H,6-7,10-11H2,1H3. The molecule has 6 heteroatoms. The molecular weight excluding hydrogens is 292 g/mol. The summed E-state index contributed by atoms with van der Waals surface area (Å²) in [5, 5.41) is 3.02. The topological polar surface area (TPSA) is 67.3 Å². The van der Waals surface area contributed by atoms with Gasteiger partial charge in [-0.15, -0.1) is 0 Å². The van der Waals surface area contributed by atoms with Crippen LogP contribution in [0.1, 0.15) is 23.2 Å². The molecule has 1 fully saturated rings. The zero-order valence-corrected chi connectivity index (χ0v) is 13.1. The van der Waals surface area contributed by atoms with Gasteiger partial charge in [0.15, 0.2) is 0 Å². The third-order valence-electron chi connectivity index (χ3n) is 3.97. The summed E-state index contributed by atoms with van der Waals surface area (Å²) in [5.74, 6) is 0.685. The van der Waals surface area contributed by atoms with Crippen LogP contribution in [0.3, 0.4) is 0 Å². The maximum Gasteiger partial charge on any atom is 0.253 e. The second-order valence-electron chi connectivity index (χ2n) is 5.48. The average Bonchev–Trinajstić information content (AvgIpc) is 2.63. The number of nitrogens with zero attached hydrogens (tertiary/aromatic N) is 3. The Bertz CT molecular complexity index is 637. The molecule has 1 N–H and O–H groups in total. The lowest BCUT2D eigenvalue weighted by Crippen LogP contribution is -2.41. The third kappa shape index (κ3) is 3.77. The highest BCUT2D eigenvalue weighted by Crippen LogP contribution is 2.19. The van der Waals surface area contributed by atoms with Crippen LogP contribution in [0, 0.1) is 0 Å². The van der Waals surface area contributed by atoms with Gasteiger partial charge in [0, 0.05) is 57.0 Å². The van der Waals surface area contributed by atoms with Crippen molar-refractivity contribution in [2.45, 2.75) is 18.9 Å². The van der Waals surface area contributed by atoms with E-state index in [-0.39, 0.29) is 12.0 Å². The lowest BCUT2D eigenvalue weighted by Gasteiger charge is -2.32. The van der Waals surface area contributed by atoms with Crippen molar-refractivity contribution in [3.05, 3.63) is 48.4 Å². The average molecular weight is 312 g/mol. The molecule has 0 aromatic carbocycles. The fourth-order valence-electron chi connectivity index (χ4n) is 2.62. The first kappa shape index (κ1) is 15.3. The second-order valence-corrected chi connectivity index (χ2v) is 5.48. The Morgan fingerprint density at radius 3 is 2.57 bits per heavy atom. The number of rotatable bonds is 4. The van der Waals surface area contributed by atoms with Crippen molar-refractivity contribution in [1.29, 1.82) is 0 Å². The molecule has 0 atom stereocenters. The number of amides is 1. The van der Waals surface area contributed by atoms with Crippen molar-refractivity contribution in [1.82, 2.24) is 14.9 Å². The van der Waals surface area contributed by atoms with Crippen molar-refractivity contribution in [3.63, 3.8) is 0 Å². The highest BCUT2D eigenvalue weighted by molar-refractivity contribution is 5.94.